The van der Waals surface area contributed by atoms with Crippen molar-refractivity contribution in [1.29, 1.82) is 0 Å². The Labute approximate surface area is 126 Å². The van der Waals surface area contributed by atoms with Crippen LogP contribution in [0.2, 0.25) is 0 Å². The van der Waals surface area contributed by atoms with Crippen LogP contribution in [0.4, 0.5) is 5.69 Å². The molecule has 0 aromatic heterocycles. The van der Waals surface area contributed by atoms with Crippen LogP contribution < -0.4 is 20.9 Å². The van der Waals surface area contributed by atoms with Gasteiger partial charge < -0.3 is 10.1 Å². The van der Waals surface area contributed by atoms with Gasteiger partial charge in [-0.1, -0.05) is 25.8 Å². The van der Waals surface area contributed by atoms with E-state index in [4.69, 9.17) is 17.0 Å². The smallest absolute Gasteiger partial charge is 0.185 e. The number of ether oxygens (including phenoxy) is 1. The van der Waals surface area contributed by atoms with Gasteiger partial charge in [-0.05, 0) is 43.1 Å². The molecule has 0 unspecified atom stereocenters. The maximum atomic E-state index is 5.33. The normalized spacial score (nSPS) is 21.9. The van der Waals surface area contributed by atoms with E-state index in [1.807, 2.05) is 24.3 Å². The molecule has 0 amide bonds. The van der Waals surface area contributed by atoms with Crippen LogP contribution in [0.15, 0.2) is 24.3 Å². The number of methoxy groups -OCH3 is 1. The minimum absolute atomic E-state index is 0.482. The molecule has 2 rings (SSSR count). The molecule has 1 aromatic rings. The molecule has 20 heavy (non-hydrogen) atoms. The maximum Gasteiger partial charge on any atom is 0.185 e. The van der Waals surface area contributed by atoms with E-state index in [9.17, 15) is 0 Å². The third-order valence-corrected chi connectivity index (χ3v) is 4.04. The third kappa shape index (κ3) is 4.27. The van der Waals surface area contributed by atoms with Crippen molar-refractivity contribution >= 4 is 23.0 Å². The molecule has 3 N–H and O–H groups in total. The lowest BCUT2D eigenvalue weighted by Gasteiger charge is -2.30. The lowest BCUT2D eigenvalue weighted by Crippen LogP contribution is -2.47. The molecule has 2 atom stereocenters. The second kappa shape index (κ2) is 7.33. The molecule has 1 aliphatic carbocycles. The number of hydrazine groups is 1. The topological polar surface area (TPSA) is 45.3 Å². The first kappa shape index (κ1) is 14.9. The minimum Gasteiger partial charge on any atom is -0.497 e. The largest absolute Gasteiger partial charge is 0.497 e. The molecule has 1 fully saturated rings. The standard InChI is InChI=1S/C15H23N3OS/c1-11-6-3-4-9-14(11)16-15(20)18-17-12-7-5-8-13(10-12)19-2/h5,7-8,10-11,14,17H,3-4,6,9H2,1-2H3,(H2,16,18,20)/t11-,14+/m0/s1. The van der Waals surface area contributed by atoms with E-state index in [1.54, 1.807) is 7.11 Å². The van der Waals surface area contributed by atoms with Crippen molar-refractivity contribution in [2.75, 3.05) is 12.5 Å². The molecule has 1 saturated carbocycles. The summed E-state index contributed by atoms with van der Waals surface area (Å²) >= 11 is 5.33. The van der Waals surface area contributed by atoms with Gasteiger partial charge in [0.05, 0.1) is 12.8 Å². The molecule has 0 bridgehead atoms. The van der Waals surface area contributed by atoms with E-state index in [2.05, 4.69) is 23.1 Å². The van der Waals surface area contributed by atoms with Gasteiger partial charge in [-0.25, -0.2) is 0 Å². The van der Waals surface area contributed by atoms with Crippen molar-refractivity contribution in [2.45, 2.75) is 38.6 Å². The van der Waals surface area contributed by atoms with Gasteiger partial charge in [0.15, 0.2) is 5.11 Å². The van der Waals surface area contributed by atoms with Gasteiger partial charge in [0.2, 0.25) is 0 Å². The monoisotopic (exact) mass is 293 g/mol. The molecule has 110 valence electrons. The van der Waals surface area contributed by atoms with E-state index >= 15 is 0 Å². The van der Waals surface area contributed by atoms with E-state index in [-0.39, 0.29) is 0 Å². The highest BCUT2D eigenvalue weighted by Gasteiger charge is 2.21. The molecule has 0 saturated heterocycles. The number of benzene rings is 1. The molecule has 5 heteroatoms. The number of thiocarbonyl (C=S) groups is 1. The number of rotatable bonds is 4. The second-order valence-corrected chi connectivity index (χ2v) is 5.73. The second-order valence-electron chi connectivity index (χ2n) is 5.32. The Hall–Kier alpha value is -1.49. The van der Waals surface area contributed by atoms with Crippen LogP contribution in [-0.2, 0) is 0 Å². The summed E-state index contributed by atoms with van der Waals surface area (Å²) in [5, 5.41) is 4.04. The van der Waals surface area contributed by atoms with Gasteiger partial charge in [0.25, 0.3) is 0 Å². The Bertz CT molecular complexity index is 452. The number of hydrogen-bond acceptors (Lipinski definition) is 3. The Kier molecular flexibility index (Phi) is 5.47. The number of anilines is 1. The fourth-order valence-electron chi connectivity index (χ4n) is 2.56. The number of hydrogen-bond donors (Lipinski definition) is 3. The predicted octanol–water partition coefficient (Wildman–Crippen LogP) is 3.06. The summed E-state index contributed by atoms with van der Waals surface area (Å²) in [5.74, 6) is 1.50. The van der Waals surface area contributed by atoms with Crippen molar-refractivity contribution in [3.63, 3.8) is 0 Å². The fourth-order valence-corrected chi connectivity index (χ4v) is 2.77. The quantitative estimate of drug-likeness (QED) is 0.588. The number of nitrogens with one attached hydrogen (secondary N) is 3. The van der Waals surface area contributed by atoms with Crippen molar-refractivity contribution < 1.29 is 4.74 Å². The van der Waals surface area contributed by atoms with Gasteiger partial charge >= 0.3 is 0 Å². The van der Waals surface area contributed by atoms with Crippen LogP contribution in [0.3, 0.4) is 0 Å². The summed E-state index contributed by atoms with van der Waals surface area (Å²) in [6.07, 6.45) is 5.10. The summed E-state index contributed by atoms with van der Waals surface area (Å²) in [6.45, 7) is 2.29. The average molecular weight is 293 g/mol. The maximum absolute atomic E-state index is 5.33. The first-order valence-electron chi connectivity index (χ1n) is 7.15. The summed E-state index contributed by atoms with van der Waals surface area (Å²) in [7, 11) is 1.66. The Morgan fingerprint density at radius 3 is 2.85 bits per heavy atom. The van der Waals surface area contributed by atoms with Crippen molar-refractivity contribution in [1.82, 2.24) is 10.7 Å². The van der Waals surface area contributed by atoms with Crippen molar-refractivity contribution in [3.05, 3.63) is 24.3 Å². The van der Waals surface area contributed by atoms with Crippen LogP contribution in [0.25, 0.3) is 0 Å². The fraction of sp³-hybridized carbons (Fsp3) is 0.533. The van der Waals surface area contributed by atoms with E-state index in [0.29, 0.717) is 17.1 Å². The molecule has 0 radical (unpaired) electrons. The highest BCUT2D eigenvalue weighted by molar-refractivity contribution is 7.80. The van der Waals surface area contributed by atoms with Gasteiger partial charge in [-0.3, -0.25) is 10.9 Å². The van der Waals surface area contributed by atoms with Crippen LogP contribution in [0.1, 0.15) is 32.6 Å². The van der Waals surface area contributed by atoms with Crippen LogP contribution >= 0.6 is 12.2 Å². The Balaban J connectivity index is 1.79. The summed E-state index contributed by atoms with van der Waals surface area (Å²) < 4.78 is 5.18. The zero-order valence-electron chi connectivity index (χ0n) is 12.1. The van der Waals surface area contributed by atoms with Gasteiger partial charge in [-0.15, -0.1) is 0 Å². The minimum atomic E-state index is 0.482. The molecular formula is C15H23N3OS. The van der Waals surface area contributed by atoms with E-state index in [1.165, 1.54) is 25.7 Å². The van der Waals surface area contributed by atoms with Crippen molar-refractivity contribution in [2.24, 2.45) is 5.92 Å². The van der Waals surface area contributed by atoms with Crippen LogP contribution in [0, 0.1) is 5.92 Å². The van der Waals surface area contributed by atoms with Crippen LogP contribution in [0.5, 0.6) is 5.75 Å². The Morgan fingerprint density at radius 1 is 1.30 bits per heavy atom. The van der Waals surface area contributed by atoms with Crippen LogP contribution in [-0.4, -0.2) is 18.3 Å². The lowest BCUT2D eigenvalue weighted by atomic mass is 9.86. The predicted molar refractivity (Wildman–Crippen MR) is 86.9 cm³/mol. The zero-order chi connectivity index (χ0) is 14.4. The van der Waals surface area contributed by atoms with Crippen molar-refractivity contribution in [3.8, 4) is 5.75 Å². The SMILES string of the molecule is COc1cccc(NNC(=S)N[C@@H]2CCCC[C@@H]2C)c1. The first-order valence-corrected chi connectivity index (χ1v) is 7.56. The summed E-state index contributed by atoms with van der Waals surface area (Å²) in [6, 6.07) is 8.20. The molecule has 0 heterocycles. The molecule has 0 spiro atoms. The molecule has 1 aliphatic rings. The zero-order valence-corrected chi connectivity index (χ0v) is 12.9. The van der Waals surface area contributed by atoms with Gasteiger partial charge in [0, 0.05) is 12.1 Å². The third-order valence-electron chi connectivity index (χ3n) is 3.82. The molecule has 0 aliphatic heterocycles. The molecule has 1 aromatic carbocycles. The Morgan fingerprint density at radius 2 is 2.10 bits per heavy atom. The summed E-state index contributed by atoms with van der Waals surface area (Å²) in [4.78, 5) is 0. The van der Waals surface area contributed by atoms with Gasteiger partial charge in [0.1, 0.15) is 5.75 Å². The lowest BCUT2D eigenvalue weighted by molar-refractivity contribution is 0.308. The first-order chi connectivity index (χ1) is 9.69. The van der Waals surface area contributed by atoms with E-state index in [0.717, 1.165) is 11.4 Å². The average Bonchev–Trinajstić information content (AvgIpc) is 2.48. The van der Waals surface area contributed by atoms with E-state index < -0.39 is 0 Å². The molecular weight excluding hydrogens is 270 g/mol. The van der Waals surface area contributed by atoms with Gasteiger partial charge in [-0.2, -0.15) is 0 Å². The molecule has 4 nitrogen and oxygen atoms in total. The summed E-state index contributed by atoms with van der Waals surface area (Å²) in [5.41, 5.74) is 7.04. The highest BCUT2D eigenvalue weighted by Crippen LogP contribution is 2.23. The highest BCUT2D eigenvalue weighted by atomic mass is 32.1.